The van der Waals surface area contributed by atoms with Crippen molar-refractivity contribution in [1.29, 1.82) is 0 Å². The summed E-state index contributed by atoms with van der Waals surface area (Å²) in [7, 11) is 0. The second kappa shape index (κ2) is 3.48. The molecule has 0 spiro atoms. The van der Waals surface area contributed by atoms with Crippen LogP contribution in [0.1, 0.15) is 46.5 Å². The molecule has 1 fully saturated rings. The molecule has 0 aromatic rings. The number of fused-ring (bicyclic) bond motifs is 1. The molecule has 4 unspecified atom stereocenters. The van der Waals surface area contributed by atoms with E-state index < -0.39 is 0 Å². The van der Waals surface area contributed by atoms with Gasteiger partial charge in [0.05, 0.1) is 0 Å². The van der Waals surface area contributed by atoms with E-state index in [0.717, 1.165) is 23.7 Å². The van der Waals surface area contributed by atoms with Gasteiger partial charge in [-0.3, -0.25) is 0 Å². The molecule has 0 saturated heterocycles. The van der Waals surface area contributed by atoms with Crippen LogP contribution in [0.25, 0.3) is 0 Å². The minimum atomic E-state index is 0.954. The van der Waals surface area contributed by atoms with E-state index in [1.54, 1.807) is 5.57 Å². The average molecular weight is 178 g/mol. The lowest BCUT2D eigenvalue weighted by Gasteiger charge is -2.17. The van der Waals surface area contributed by atoms with E-state index in [9.17, 15) is 0 Å². The predicted molar refractivity (Wildman–Crippen MR) is 57.5 cm³/mol. The minimum absolute atomic E-state index is 0.954. The van der Waals surface area contributed by atoms with Crippen LogP contribution in [0.4, 0.5) is 0 Å². The maximum atomic E-state index is 2.58. The summed E-state index contributed by atoms with van der Waals surface area (Å²) in [6, 6.07) is 0. The normalized spacial score (nSPS) is 43.5. The molecule has 4 atom stereocenters. The third-order valence-electron chi connectivity index (χ3n) is 4.33. The fraction of sp³-hybridized carbons (Fsp3) is 0.846. The van der Waals surface area contributed by atoms with Crippen LogP contribution < -0.4 is 0 Å². The van der Waals surface area contributed by atoms with Gasteiger partial charge in [0, 0.05) is 0 Å². The summed E-state index contributed by atoms with van der Waals surface area (Å²) in [6.07, 6.45) is 8.28. The second-order valence-electron chi connectivity index (χ2n) is 5.03. The zero-order valence-electron chi connectivity index (χ0n) is 9.22. The van der Waals surface area contributed by atoms with Gasteiger partial charge in [-0.1, -0.05) is 38.3 Å². The largest absolute Gasteiger partial charge is 0.0819 e. The molecule has 0 aliphatic heterocycles. The third-order valence-corrected chi connectivity index (χ3v) is 4.33. The van der Waals surface area contributed by atoms with Gasteiger partial charge < -0.3 is 0 Å². The standard InChI is InChI=1S/C13H22/c1-4-10-8-11(5-2)13-7-9(3)6-12(10)13/h6,10-13H,4-5,7-8H2,1-3H3. The molecule has 74 valence electrons. The fourth-order valence-corrected chi connectivity index (χ4v) is 3.62. The maximum Gasteiger partial charge on any atom is -0.0168 e. The van der Waals surface area contributed by atoms with Gasteiger partial charge in [0.25, 0.3) is 0 Å². The number of rotatable bonds is 2. The average Bonchev–Trinajstić information content (AvgIpc) is 2.61. The Hall–Kier alpha value is -0.260. The molecule has 2 aliphatic rings. The molecule has 1 saturated carbocycles. The van der Waals surface area contributed by atoms with Crippen LogP contribution in [0.15, 0.2) is 11.6 Å². The van der Waals surface area contributed by atoms with Gasteiger partial charge in [0.2, 0.25) is 0 Å². The Labute approximate surface area is 82.4 Å². The molecule has 0 radical (unpaired) electrons. The van der Waals surface area contributed by atoms with Gasteiger partial charge in [-0.25, -0.2) is 0 Å². The molecule has 0 heteroatoms. The summed E-state index contributed by atoms with van der Waals surface area (Å²) in [6.45, 7) is 7.05. The topological polar surface area (TPSA) is 0 Å². The molecule has 0 bridgehead atoms. The van der Waals surface area contributed by atoms with Crippen molar-refractivity contribution < 1.29 is 0 Å². The fourth-order valence-electron chi connectivity index (χ4n) is 3.62. The quantitative estimate of drug-likeness (QED) is 0.560. The van der Waals surface area contributed by atoms with Crippen LogP contribution in [-0.4, -0.2) is 0 Å². The zero-order chi connectivity index (χ0) is 9.42. The lowest BCUT2D eigenvalue weighted by molar-refractivity contribution is 0.347. The Bertz CT molecular complexity index is 214. The van der Waals surface area contributed by atoms with Gasteiger partial charge in [0.1, 0.15) is 0 Å². The Kier molecular flexibility index (Phi) is 2.49. The van der Waals surface area contributed by atoms with Crippen LogP contribution in [0.5, 0.6) is 0 Å². The lowest BCUT2D eigenvalue weighted by Crippen LogP contribution is -2.10. The van der Waals surface area contributed by atoms with Crippen molar-refractivity contribution in [2.24, 2.45) is 23.7 Å². The summed E-state index contributed by atoms with van der Waals surface area (Å²) in [4.78, 5) is 0. The molecule has 0 amide bonds. The Morgan fingerprint density at radius 1 is 1.23 bits per heavy atom. The van der Waals surface area contributed by atoms with E-state index in [1.807, 2.05) is 0 Å². The molecule has 0 aromatic heterocycles. The van der Waals surface area contributed by atoms with Crippen molar-refractivity contribution >= 4 is 0 Å². The first kappa shape index (κ1) is 9.30. The minimum Gasteiger partial charge on any atom is -0.0819 e. The summed E-state index contributed by atoms with van der Waals surface area (Å²) < 4.78 is 0. The molecule has 0 nitrogen and oxygen atoms in total. The second-order valence-corrected chi connectivity index (χ2v) is 5.03. The van der Waals surface area contributed by atoms with Crippen molar-refractivity contribution in [3.8, 4) is 0 Å². The third kappa shape index (κ3) is 1.45. The van der Waals surface area contributed by atoms with E-state index in [-0.39, 0.29) is 0 Å². The van der Waals surface area contributed by atoms with Crippen LogP contribution >= 0.6 is 0 Å². The molecular weight excluding hydrogens is 156 g/mol. The smallest absolute Gasteiger partial charge is 0.0168 e. The molecule has 0 aromatic carbocycles. The highest BCUT2D eigenvalue weighted by Crippen LogP contribution is 2.51. The molecule has 2 rings (SSSR count). The van der Waals surface area contributed by atoms with Crippen molar-refractivity contribution in [3.63, 3.8) is 0 Å². The van der Waals surface area contributed by atoms with Crippen LogP contribution in [0.3, 0.4) is 0 Å². The van der Waals surface area contributed by atoms with Gasteiger partial charge in [-0.15, -0.1) is 0 Å². The Morgan fingerprint density at radius 3 is 2.54 bits per heavy atom. The van der Waals surface area contributed by atoms with Gasteiger partial charge in [0.15, 0.2) is 0 Å². The van der Waals surface area contributed by atoms with E-state index in [1.165, 1.54) is 25.7 Å². The first-order valence-corrected chi connectivity index (χ1v) is 5.93. The molecule has 13 heavy (non-hydrogen) atoms. The van der Waals surface area contributed by atoms with Crippen LogP contribution in [0, 0.1) is 23.7 Å². The zero-order valence-corrected chi connectivity index (χ0v) is 9.22. The highest BCUT2D eigenvalue weighted by Gasteiger charge is 2.42. The Balaban J connectivity index is 2.13. The lowest BCUT2D eigenvalue weighted by atomic mass is 9.88. The van der Waals surface area contributed by atoms with Crippen LogP contribution in [-0.2, 0) is 0 Å². The van der Waals surface area contributed by atoms with Gasteiger partial charge in [-0.2, -0.15) is 0 Å². The van der Waals surface area contributed by atoms with Crippen LogP contribution in [0.2, 0.25) is 0 Å². The van der Waals surface area contributed by atoms with Crippen molar-refractivity contribution in [3.05, 3.63) is 11.6 Å². The van der Waals surface area contributed by atoms with E-state index >= 15 is 0 Å². The van der Waals surface area contributed by atoms with Crippen molar-refractivity contribution in [2.75, 3.05) is 0 Å². The summed E-state index contributed by atoms with van der Waals surface area (Å²) in [5.41, 5.74) is 1.66. The molecule has 2 aliphatic carbocycles. The molecular formula is C13H22. The predicted octanol–water partition coefficient (Wildman–Crippen LogP) is 4.02. The van der Waals surface area contributed by atoms with Crippen molar-refractivity contribution in [2.45, 2.75) is 46.5 Å². The SMILES string of the molecule is CCC1CC(CC)C2CC(C)=CC12. The number of hydrogen-bond acceptors (Lipinski definition) is 0. The van der Waals surface area contributed by atoms with E-state index in [4.69, 9.17) is 0 Å². The Morgan fingerprint density at radius 2 is 1.92 bits per heavy atom. The van der Waals surface area contributed by atoms with Crippen molar-refractivity contribution in [1.82, 2.24) is 0 Å². The van der Waals surface area contributed by atoms with Gasteiger partial charge in [-0.05, 0) is 43.4 Å². The molecule has 0 heterocycles. The number of allylic oxidation sites excluding steroid dienone is 2. The summed E-state index contributed by atoms with van der Waals surface area (Å²) in [5.74, 6) is 4.01. The first-order chi connectivity index (χ1) is 6.26. The van der Waals surface area contributed by atoms with Gasteiger partial charge >= 0.3 is 0 Å². The maximum absolute atomic E-state index is 2.58. The highest BCUT2D eigenvalue weighted by molar-refractivity contribution is 5.16. The monoisotopic (exact) mass is 178 g/mol. The summed E-state index contributed by atoms with van der Waals surface area (Å²) in [5, 5.41) is 0. The molecule has 0 N–H and O–H groups in total. The first-order valence-electron chi connectivity index (χ1n) is 5.93. The van der Waals surface area contributed by atoms with E-state index in [2.05, 4.69) is 26.8 Å². The summed E-state index contributed by atoms with van der Waals surface area (Å²) >= 11 is 0. The highest BCUT2D eigenvalue weighted by atomic mass is 14.5. The number of hydrogen-bond donors (Lipinski definition) is 0. The van der Waals surface area contributed by atoms with E-state index in [0.29, 0.717) is 0 Å².